The number of nitrogen functional groups attached to an aromatic ring is 1. The zero-order valence-corrected chi connectivity index (χ0v) is 20.4. The molecule has 3 aromatic heterocycles. The van der Waals surface area contributed by atoms with Gasteiger partial charge in [-0.15, -0.1) is 21.5 Å². The summed E-state index contributed by atoms with van der Waals surface area (Å²) in [5, 5.41) is 18.2. The minimum atomic E-state index is -0.611. The zero-order chi connectivity index (χ0) is 24.3. The molecule has 2 amide bonds. The third-order valence-corrected chi connectivity index (χ3v) is 6.64. The highest BCUT2D eigenvalue weighted by Gasteiger charge is 2.26. The monoisotopic (exact) mass is 492 g/mol. The average molecular weight is 493 g/mol. The van der Waals surface area contributed by atoms with Crippen molar-refractivity contribution in [1.82, 2.24) is 30.0 Å². The molecule has 3 aromatic rings. The van der Waals surface area contributed by atoms with E-state index in [1.54, 1.807) is 18.5 Å². The van der Waals surface area contributed by atoms with E-state index in [-0.39, 0.29) is 28.8 Å². The summed E-state index contributed by atoms with van der Waals surface area (Å²) in [4.78, 5) is 37.5. The van der Waals surface area contributed by atoms with Crippen LogP contribution in [0.1, 0.15) is 43.9 Å². The van der Waals surface area contributed by atoms with Crippen molar-refractivity contribution in [3.05, 3.63) is 33.5 Å². The first-order valence-electron chi connectivity index (χ1n) is 9.87. The lowest BCUT2D eigenvalue weighted by molar-refractivity contribution is -0.113. The summed E-state index contributed by atoms with van der Waals surface area (Å²) in [6, 6.07) is 1.88. The minimum Gasteiger partial charge on any atom is -0.462 e. The number of carbonyl (C=O) groups excluding carboxylic acids is 3. The Morgan fingerprint density at radius 1 is 1.24 bits per heavy atom. The van der Waals surface area contributed by atoms with E-state index < -0.39 is 11.9 Å². The molecule has 0 aliphatic carbocycles. The highest BCUT2D eigenvalue weighted by Crippen LogP contribution is 2.34. The van der Waals surface area contributed by atoms with E-state index in [2.05, 4.69) is 25.9 Å². The second-order valence-electron chi connectivity index (χ2n) is 6.89. The van der Waals surface area contributed by atoms with Gasteiger partial charge in [-0.2, -0.15) is 5.10 Å². The molecule has 0 fully saturated rings. The summed E-state index contributed by atoms with van der Waals surface area (Å²) in [5.74, 6) is 4.98. The topological polar surface area (TPSA) is 159 Å². The molecule has 0 spiro atoms. The van der Waals surface area contributed by atoms with Crippen molar-refractivity contribution in [3.63, 3.8) is 0 Å². The quantitative estimate of drug-likeness (QED) is 0.240. The number of anilines is 1. The fraction of sp³-hybridized carbons (Fsp3) is 0.368. The van der Waals surface area contributed by atoms with Crippen LogP contribution in [0.15, 0.2) is 11.2 Å². The number of ether oxygens (including phenoxy) is 1. The maximum absolute atomic E-state index is 12.6. The Labute approximate surface area is 197 Å². The number of nitrogens with one attached hydrogen (secondary N) is 2. The summed E-state index contributed by atoms with van der Waals surface area (Å²) in [7, 11) is 1.49. The number of aromatic nitrogens is 5. The van der Waals surface area contributed by atoms with Gasteiger partial charge in [-0.05, 0) is 39.3 Å². The highest BCUT2D eigenvalue weighted by atomic mass is 32.2. The minimum absolute atomic E-state index is 0.0546. The first-order chi connectivity index (χ1) is 15.7. The molecule has 0 unspecified atom stereocenters. The first-order valence-corrected chi connectivity index (χ1v) is 11.7. The van der Waals surface area contributed by atoms with Crippen molar-refractivity contribution in [1.29, 1.82) is 0 Å². The molecular weight excluding hydrogens is 468 g/mol. The van der Waals surface area contributed by atoms with Gasteiger partial charge in [0, 0.05) is 12.7 Å². The molecule has 0 aliphatic heterocycles. The number of rotatable bonds is 8. The largest absolute Gasteiger partial charge is 0.462 e. The van der Waals surface area contributed by atoms with Gasteiger partial charge in [0.1, 0.15) is 5.00 Å². The Kier molecular flexibility index (Phi) is 7.38. The summed E-state index contributed by atoms with van der Waals surface area (Å²) in [5.41, 5.74) is 2.25. The number of nitrogens with zero attached hydrogens (tertiary/aromatic N) is 5. The van der Waals surface area contributed by atoms with Crippen molar-refractivity contribution in [2.24, 2.45) is 0 Å². The van der Waals surface area contributed by atoms with Gasteiger partial charge in [-0.3, -0.25) is 9.59 Å². The normalized spacial score (nSPS) is 10.8. The van der Waals surface area contributed by atoms with E-state index in [4.69, 9.17) is 10.6 Å². The van der Waals surface area contributed by atoms with Crippen LogP contribution in [0.5, 0.6) is 0 Å². The van der Waals surface area contributed by atoms with Crippen LogP contribution in [0, 0.1) is 20.8 Å². The van der Waals surface area contributed by atoms with E-state index in [0.29, 0.717) is 21.5 Å². The lowest BCUT2D eigenvalue weighted by Crippen LogP contribution is -2.19. The number of carbonyl (C=O) groups is 3. The van der Waals surface area contributed by atoms with E-state index >= 15 is 0 Å². The van der Waals surface area contributed by atoms with Crippen LogP contribution in [-0.2, 0) is 9.53 Å². The molecule has 0 saturated heterocycles. The second kappa shape index (κ2) is 10.0. The Morgan fingerprint density at radius 3 is 2.58 bits per heavy atom. The third kappa shape index (κ3) is 5.01. The van der Waals surface area contributed by atoms with Crippen molar-refractivity contribution >= 4 is 45.9 Å². The molecule has 0 radical (unpaired) electrons. The number of thiophene rings is 1. The third-order valence-electron chi connectivity index (χ3n) is 4.49. The SMILES string of the molecule is CCOC(=O)c1c(NC(=O)CSc2nnc(-n3nc(C)cc3C)n2N)sc(C(=O)NC)c1C. The van der Waals surface area contributed by atoms with Gasteiger partial charge in [0.25, 0.3) is 11.9 Å². The molecule has 4 N–H and O–H groups in total. The van der Waals surface area contributed by atoms with E-state index in [1.807, 2.05) is 19.9 Å². The predicted octanol–water partition coefficient (Wildman–Crippen LogP) is 1.43. The van der Waals surface area contributed by atoms with Crippen LogP contribution in [0.3, 0.4) is 0 Å². The van der Waals surface area contributed by atoms with Gasteiger partial charge in [0.05, 0.1) is 28.5 Å². The number of nitrogens with two attached hydrogens (primary N) is 1. The molecular formula is C19H24N8O4S2. The molecule has 3 heterocycles. The Balaban J connectivity index is 1.76. The van der Waals surface area contributed by atoms with Crippen LogP contribution < -0.4 is 16.5 Å². The molecule has 14 heteroatoms. The average Bonchev–Trinajstić information content (AvgIpc) is 3.40. The maximum Gasteiger partial charge on any atom is 0.341 e. The smallest absolute Gasteiger partial charge is 0.341 e. The number of thioether (sulfide) groups is 1. The molecule has 0 aromatic carbocycles. The fourth-order valence-corrected chi connectivity index (χ4v) is 4.83. The van der Waals surface area contributed by atoms with Crippen LogP contribution in [0.2, 0.25) is 0 Å². The molecule has 0 saturated carbocycles. The van der Waals surface area contributed by atoms with Gasteiger partial charge >= 0.3 is 5.97 Å². The van der Waals surface area contributed by atoms with Gasteiger partial charge < -0.3 is 21.2 Å². The molecule has 0 aliphatic rings. The fourth-order valence-electron chi connectivity index (χ4n) is 3.02. The number of esters is 1. The lowest BCUT2D eigenvalue weighted by atomic mass is 10.1. The Hall–Kier alpha value is -3.39. The molecule has 12 nitrogen and oxygen atoms in total. The molecule has 33 heavy (non-hydrogen) atoms. The maximum atomic E-state index is 12.6. The molecule has 176 valence electrons. The highest BCUT2D eigenvalue weighted by molar-refractivity contribution is 7.99. The number of amides is 2. The van der Waals surface area contributed by atoms with Gasteiger partial charge in [0.15, 0.2) is 0 Å². The van der Waals surface area contributed by atoms with E-state index in [9.17, 15) is 14.4 Å². The second-order valence-corrected chi connectivity index (χ2v) is 8.85. The van der Waals surface area contributed by atoms with Gasteiger partial charge in [-0.25, -0.2) is 14.2 Å². The van der Waals surface area contributed by atoms with Crippen molar-refractivity contribution in [3.8, 4) is 5.95 Å². The van der Waals surface area contributed by atoms with Crippen LogP contribution in [0.4, 0.5) is 5.00 Å². The number of hydrogen-bond donors (Lipinski definition) is 3. The van der Waals surface area contributed by atoms with Gasteiger partial charge in [-0.1, -0.05) is 11.8 Å². The van der Waals surface area contributed by atoms with Crippen molar-refractivity contribution in [2.75, 3.05) is 30.6 Å². The predicted molar refractivity (Wildman–Crippen MR) is 125 cm³/mol. The molecule has 0 bridgehead atoms. The summed E-state index contributed by atoms with van der Waals surface area (Å²) < 4.78 is 7.90. The Bertz CT molecular complexity index is 1210. The van der Waals surface area contributed by atoms with Gasteiger partial charge in [0.2, 0.25) is 11.1 Å². The lowest BCUT2D eigenvalue weighted by Gasteiger charge is -2.07. The summed E-state index contributed by atoms with van der Waals surface area (Å²) >= 11 is 2.08. The van der Waals surface area contributed by atoms with E-state index in [1.165, 1.54) is 11.7 Å². The van der Waals surface area contributed by atoms with E-state index in [0.717, 1.165) is 34.5 Å². The van der Waals surface area contributed by atoms with Crippen molar-refractivity contribution < 1.29 is 19.1 Å². The molecule has 3 rings (SSSR count). The number of hydrogen-bond acceptors (Lipinski definition) is 10. The van der Waals surface area contributed by atoms with Crippen LogP contribution in [-0.4, -0.2) is 61.8 Å². The van der Waals surface area contributed by atoms with Crippen molar-refractivity contribution in [2.45, 2.75) is 32.9 Å². The summed E-state index contributed by atoms with van der Waals surface area (Å²) in [6.07, 6.45) is 0. The molecule has 0 atom stereocenters. The number of aryl methyl sites for hydroxylation is 2. The first kappa shape index (κ1) is 24.3. The standard InChI is InChI=1S/C19H24N8O4S2/c1-6-31-17(30)13-11(4)14(15(29)21-5)33-16(13)22-12(28)8-32-19-24-23-18(26(19)20)27-10(3)7-9(2)25-27/h7H,6,8,20H2,1-5H3,(H,21,29)(H,22,28). The Morgan fingerprint density at radius 2 is 1.97 bits per heavy atom. The summed E-state index contributed by atoms with van der Waals surface area (Å²) in [6.45, 7) is 7.20. The van der Waals surface area contributed by atoms with Crippen LogP contribution in [0.25, 0.3) is 5.95 Å². The van der Waals surface area contributed by atoms with Crippen LogP contribution >= 0.6 is 23.1 Å². The zero-order valence-electron chi connectivity index (χ0n) is 18.8.